The number of hydroxylamine groups is 2. The van der Waals surface area contributed by atoms with Gasteiger partial charge in [0, 0.05) is 18.2 Å². The van der Waals surface area contributed by atoms with Crippen molar-refractivity contribution in [1.29, 1.82) is 0 Å². The third kappa shape index (κ3) is 4.39. The Morgan fingerprint density at radius 3 is 2.43 bits per heavy atom. The Balaban J connectivity index is 3.18. The van der Waals surface area contributed by atoms with E-state index in [1.54, 1.807) is 6.07 Å². The van der Waals surface area contributed by atoms with Gasteiger partial charge in [0.05, 0.1) is 0 Å². The Morgan fingerprint density at radius 1 is 1.38 bits per heavy atom. The zero-order valence-corrected chi connectivity index (χ0v) is 13.6. The summed E-state index contributed by atoms with van der Waals surface area (Å²) in [7, 11) is 0. The molecule has 1 aromatic rings. The highest BCUT2D eigenvalue weighted by molar-refractivity contribution is 7.80. The zero-order valence-electron chi connectivity index (χ0n) is 12.7. The van der Waals surface area contributed by atoms with E-state index in [9.17, 15) is 14.7 Å². The van der Waals surface area contributed by atoms with Crippen molar-refractivity contribution in [3.05, 3.63) is 29.3 Å². The number of benzene rings is 1. The van der Waals surface area contributed by atoms with E-state index < -0.39 is 17.9 Å². The average molecular weight is 311 g/mol. The number of aliphatic carboxylic acids is 1. The van der Waals surface area contributed by atoms with Crippen LogP contribution in [0, 0.1) is 6.92 Å². The summed E-state index contributed by atoms with van der Waals surface area (Å²) in [5.74, 6) is -0.980. The van der Waals surface area contributed by atoms with E-state index in [-0.39, 0.29) is 11.7 Å². The normalized spacial score (nSPS) is 12.1. The molecule has 0 spiro atoms. The van der Waals surface area contributed by atoms with Crippen LogP contribution in [0.15, 0.2) is 18.2 Å². The van der Waals surface area contributed by atoms with Gasteiger partial charge in [-0.2, -0.15) is 17.7 Å². The van der Waals surface area contributed by atoms with Crippen LogP contribution < -0.4 is 4.84 Å². The molecular weight excluding hydrogens is 290 g/mol. The fourth-order valence-electron chi connectivity index (χ4n) is 1.90. The molecule has 0 aromatic heterocycles. The van der Waals surface area contributed by atoms with E-state index in [2.05, 4.69) is 12.6 Å². The fraction of sp³-hybridized carbons (Fsp3) is 0.467. The molecular formula is C15H21NO4S. The maximum atomic E-state index is 11.7. The van der Waals surface area contributed by atoms with Gasteiger partial charge >= 0.3 is 5.97 Å². The second kappa shape index (κ2) is 7.36. The van der Waals surface area contributed by atoms with Crippen molar-refractivity contribution in [3.8, 4) is 5.75 Å². The monoisotopic (exact) mass is 311 g/mol. The third-order valence-electron chi connectivity index (χ3n) is 3.04. The average Bonchev–Trinajstić information content (AvgIpc) is 2.37. The number of rotatable bonds is 6. The molecule has 1 aromatic carbocycles. The standard InChI is InChI=1S/C15H21NO4S/c1-9(2)12-6-5-10(3)7-14(12)20-16(11(4)17)13(8-21)15(18)19/h5-7,9,13,21H,8H2,1-4H3,(H,18,19)/t13-/m0/s1. The highest BCUT2D eigenvalue weighted by atomic mass is 32.1. The van der Waals surface area contributed by atoms with Crippen molar-refractivity contribution in [2.45, 2.75) is 39.7 Å². The fourth-order valence-corrected chi connectivity index (χ4v) is 2.21. The lowest BCUT2D eigenvalue weighted by atomic mass is 10.0. The minimum absolute atomic E-state index is 0.0300. The number of nitrogens with zero attached hydrogens (tertiary/aromatic N) is 1. The number of thiol groups is 1. The van der Waals surface area contributed by atoms with Gasteiger partial charge in [0.1, 0.15) is 0 Å². The second-order valence-corrected chi connectivity index (χ2v) is 5.53. The van der Waals surface area contributed by atoms with Crippen LogP contribution in [-0.2, 0) is 9.59 Å². The van der Waals surface area contributed by atoms with Crippen LogP contribution in [0.2, 0.25) is 0 Å². The first-order valence-corrected chi connectivity index (χ1v) is 7.33. The number of carboxylic acid groups (broad SMARTS) is 1. The van der Waals surface area contributed by atoms with E-state index in [0.717, 1.165) is 16.2 Å². The maximum Gasteiger partial charge on any atom is 0.330 e. The van der Waals surface area contributed by atoms with Crippen LogP contribution in [0.25, 0.3) is 0 Å². The van der Waals surface area contributed by atoms with E-state index >= 15 is 0 Å². The molecule has 0 heterocycles. The number of amides is 1. The number of carbonyl (C=O) groups is 2. The number of aryl methyl sites for hydroxylation is 1. The van der Waals surface area contributed by atoms with Gasteiger partial charge in [0.2, 0.25) is 0 Å². The molecule has 1 rings (SSSR count). The molecule has 5 nitrogen and oxygen atoms in total. The molecule has 0 aliphatic heterocycles. The summed E-state index contributed by atoms with van der Waals surface area (Å²) in [5.41, 5.74) is 1.88. The molecule has 0 bridgehead atoms. The summed E-state index contributed by atoms with van der Waals surface area (Å²) in [4.78, 5) is 28.6. The first kappa shape index (κ1) is 17.4. The number of hydrogen-bond donors (Lipinski definition) is 2. The molecule has 0 radical (unpaired) electrons. The highest BCUT2D eigenvalue weighted by Gasteiger charge is 2.29. The van der Waals surface area contributed by atoms with Crippen LogP contribution in [0.3, 0.4) is 0 Å². The van der Waals surface area contributed by atoms with Crippen molar-refractivity contribution in [1.82, 2.24) is 5.06 Å². The number of hydrogen-bond acceptors (Lipinski definition) is 4. The SMILES string of the molecule is CC(=O)N(Oc1cc(C)ccc1C(C)C)[C@@H](CS)C(=O)O. The van der Waals surface area contributed by atoms with Gasteiger partial charge in [0.15, 0.2) is 11.8 Å². The second-order valence-electron chi connectivity index (χ2n) is 5.17. The first-order chi connectivity index (χ1) is 9.77. The van der Waals surface area contributed by atoms with Crippen molar-refractivity contribution < 1.29 is 19.5 Å². The topological polar surface area (TPSA) is 66.8 Å². The Hall–Kier alpha value is -1.69. The Morgan fingerprint density at radius 2 is 2.00 bits per heavy atom. The molecule has 0 fully saturated rings. The van der Waals surface area contributed by atoms with Crippen LogP contribution in [-0.4, -0.2) is 33.8 Å². The molecule has 0 aliphatic rings. The minimum Gasteiger partial charge on any atom is -0.480 e. The predicted octanol–water partition coefficient (Wildman–Crippen LogP) is 2.64. The molecule has 0 saturated heterocycles. The van der Waals surface area contributed by atoms with Crippen LogP contribution in [0.5, 0.6) is 5.75 Å². The summed E-state index contributed by atoms with van der Waals surface area (Å²) in [6.07, 6.45) is 0. The van der Waals surface area contributed by atoms with Crippen molar-refractivity contribution in [3.63, 3.8) is 0 Å². The lowest BCUT2D eigenvalue weighted by Crippen LogP contribution is -2.47. The Kier molecular flexibility index (Phi) is 6.08. The molecule has 1 amide bonds. The van der Waals surface area contributed by atoms with E-state index in [1.807, 2.05) is 32.9 Å². The number of carboxylic acids is 1. The lowest BCUT2D eigenvalue weighted by molar-refractivity contribution is -0.173. The van der Waals surface area contributed by atoms with Gasteiger partial charge in [-0.3, -0.25) is 4.79 Å². The van der Waals surface area contributed by atoms with Crippen LogP contribution in [0.1, 0.15) is 37.8 Å². The number of carbonyl (C=O) groups excluding carboxylic acids is 1. The summed E-state index contributed by atoms with van der Waals surface area (Å²) in [6, 6.07) is 4.53. The molecule has 0 unspecified atom stereocenters. The van der Waals surface area contributed by atoms with Gasteiger partial charge < -0.3 is 9.94 Å². The largest absolute Gasteiger partial charge is 0.480 e. The van der Waals surface area contributed by atoms with Gasteiger partial charge in [-0.05, 0) is 24.5 Å². The summed E-state index contributed by atoms with van der Waals surface area (Å²) in [5, 5.41) is 10.1. The molecule has 6 heteroatoms. The first-order valence-electron chi connectivity index (χ1n) is 6.69. The van der Waals surface area contributed by atoms with E-state index in [1.165, 1.54) is 6.92 Å². The molecule has 0 aliphatic carbocycles. The van der Waals surface area contributed by atoms with Gasteiger partial charge in [0.25, 0.3) is 5.91 Å². The Labute approximate surface area is 130 Å². The van der Waals surface area contributed by atoms with Crippen molar-refractivity contribution in [2.75, 3.05) is 5.75 Å². The quantitative estimate of drug-likeness (QED) is 0.626. The summed E-state index contributed by atoms with van der Waals surface area (Å²) < 4.78 is 0. The molecule has 116 valence electrons. The van der Waals surface area contributed by atoms with Crippen molar-refractivity contribution >= 4 is 24.5 Å². The summed E-state index contributed by atoms with van der Waals surface area (Å²) >= 11 is 3.99. The maximum absolute atomic E-state index is 11.7. The van der Waals surface area contributed by atoms with Gasteiger partial charge in [-0.25, -0.2) is 4.79 Å². The zero-order chi connectivity index (χ0) is 16.2. The predicted molar refractivity (Wildman–Crippen MR) is 83.7 cm³/mol. The molecule has 1 N–H and O–H groups in total. The van der Waals surface area contributed by atoms with Gasteiger partial charge in [-0.1, -0.05) is 26.0 Å². The van der Waals surface area contributed by atoms with E-state index in [4.69, 9.17) is 4.84 Å². The Bertz CT molecular complexity index is 530. The lowest BCUT2D eigenvalue weighted by Gasteiger charge is -2.27. The van der Waals surface area contributed by atoms with Crippen molar-refractivity contribution in [2.24, 2.45) is 0 Å². The molecule has 21 heavy (non-hydrogen) atoms. The van der Waals surface area contributed by atoms with Crippen LogP contribution >= 0.6 is 12.6 Å². The smallest absolute Gasteiger partial charge is 0.330 e. The van der Waals surface area contributed by atoms with Gasteiger partial charge in [-0.15, -0.1) is 0 Å². The molecule has 0 saturated carbocycles. The molecule has 1 atom stereocenters. The van der Waals surface area contributed by atoms with E-state index in [0.29, 0.717) is 5.75 Å². The van der Waals surface area contributed by atoms with Crippen LogP contribution in [0.4, 0.5) is 0 Å². The highest BCUT2D eigenvalue weighted by Crippen LogP contribution is 2.28. The minimum atomic E-state index is -1.15. The summed E-state index contributed by atoms with van der Waals surface area (Å²) in [6.45, 7) is 7.18. The third-order valence-corrected chi connectivity index (χ3v) is 3.39.